The normalized spacial score (nSPS) is 17.1. The molecule has 0 atom stereocenters. The monoisotopic (exact) mass is 343 g/mol. The van der Waals surface area contributed by atoms with E-state index in [1.165, 1.54) is 6.07 Å². The maximum absolute atomic E-state index is 13.5. The third kappa shape index (κ3) is 4.28. The first-order valence-corrected chi connectivity index (χ1v) is 7.71. The molecule has 1 fully saturated rings. The summed E-state index contributed by atoms with van der Waals surface area (Å²) < 4.78 is 14.3. The summed E-state index contributed by atoms with van der Waals surface area (Å²) >= 11 is 3.30. The second-order valence-corrected chi connectivity index (χ2v) is 6.36. The number of carbonyl (C=O) groups excluding carboxylic acids is 1. The van der Waals surface area contributed by atoms with Crippen molar-refractivity contribution in [2.75, 3.05) is 6.54 Å². The Labute approximate surface area is 126 Å². The van der Waals surface area contributed by atoms with Gasteiger partial charge in [0.15, 0.2) is 0 Å². The fraction of sp³-hybridized carbons (Fsp3) is 0.533. The van der Waals surface area contributed by atoms with Crippen molar-refractivity contribution >= 4 is 21.8 Å². The van der Waals surface area contributed by atoms with E-state index in [4.69, 9.17) is 0 Å². The van der Waals surface area contributed by atoms with Crippen LogP contribution in [0.15, 0.2) is 22.7 Å². The number of rotatable bonds is 5. The number of hydrogen-bond donors (Lipinski definition) is 2. The highest BCUT2D eigenvalue weighted by molar-refractivity contribution is 9.10. The first-order chi connectivity index (χ1) is 9.48. The summed E-state index contributed by atoms with van der Waals surface area (Å²) in [6.45, 7) is 0.377. The molecule has 0 radical (unpaired) electrons. The molecular weight excluding hydrogens is 325 g/mol. The fourth-order valence-electron chi connectivity index (χ4n) is 2.64. The topological polar surface area (TPSA) is 49.3 Å². The number of aliphatic hydroxyl groups is 1. The Balaban J connectivity index is 1.78. The second kappa shape index (κ2) is 6.68. The Bertz CT molecular complexity index is 487. The van der Waals surface area contributed by atoms with Gasteiger partial charge in [0.1, 0.15) is 5.82 Å². The predicted octanol–water partition coefficient (Wildman–Crippen LogP) is 2.94. The van der Waals surface area contributed by atoms with E-state index in [2.05, 4.69) is 21.2 Å². The number of nitrogens with one attached hydrogen (secondary N) is 1. The molecule has 1 aromatic rings. The summed E-state index contributed by atoms with van der Waals surface area (Å²) in [4.78, 5) is 11.8. The van der Waals surface area contributed by atoms with Crippen LogP contribution in [0.5, 0.6) is 0 Å². The highest BCUT2D eigenvalue weighted by atomic mass is 79.9. The van der Waals surface area contributed by atoms with Gasteiger partial charge in [-0.3, -0.25) is 4.79 Å². The lowest BCUT2D eigenvalue weighted by Crippen LogP contribution is -2.35. The Morgan fingerprint density at radius 2 is 2.10 bits per heavy atom. The highest BCUT2D eigenvalue weighted by Crippen LogP contribution is 2.32. The Morgan fingerprint density at radius 3 is 2.80 bits per heavy atom. The van der Waals surface area contributed by atoms with Crippen LogP contribution in [0.1, 0.15) is 37.7 Å². The number of benzene rings is 1. The molecule has 2 N–H and O–H groups in total. The standard InChI is InChI=1S/C15H19BrFNO2/c16-12-3-4-13(17)11(9-12)5-8-18-14(19)10-15(20)6-1-2-7-15/h3-4,9,20H,1-2,5-8,10H2,(H,18,19). The summed E-state index contributed by atoms with van der Waals surface area (Å²) in [5, 5.41) is 12.9. The molecule has 1 aromatic carbocycles. The first-order valence-electron chi connectivity index (χ1n) is 6.92. The van der Waals surface area contributed by atoms with Crippen LogP contribution in [0.4, 0.5) is 4.39 Å². The lowest BCUT2D eigenvalue weighted by atomic mass is 9.97. The molecule has 1 aliphatic rings. The lowest BCUT2D eigenvalue weighted by Gasteiger charge is -2.21. The van der Waals surface area contributed by atoms with Crippen LogP contribution >= 0.6 is 15.9 Å². The Hall–Kier alpha value is -0.940. The average Bonchev–Trinajstić information content (AvgIpc) is 2.80. The smallest absolute Gasteiger partial charge is 0.222 e. The van der Waals surface area contributed by atoms with Crippen LogP contribution in [0, 0.1) is 5.82 Å². The van der Waals surface area contributed by atoms with Crippen molar-refractivity contribution in [1.82, 2.24) is 5.32 Å². The minimum Gasteiger partial charge on any atom is -0.389 e. The van der Waals surface area contributed by atoms with Gasteiger partial charge in [-0.25, -0.2) is 4.39 Å². The van der Waals surface area contributed by atoms with Crippen molar-refractivity contribution in [2.24, 2.45) is 0 Å². The second-order valence-electron chi connectivity index (χ2n) is 5.44. The summed E-state index contributed by atoms with van der Waals surface area (Å²) in [6, 6.07) is 4.77. The first kappa shape index (κ1) is 15.4. The lowest BCUT2D eigenvalue weighted by molar-refractivity contribution is -0.125. The van der Waals surface area contributed by atoms with Crippen LogP contribution in [0.2, 0.25) is 0 Å². The molecule has 0 unspecified atom stereocenters. The average molecular weight is 344 g/mol. The van der Waals surface area contributed by atoms with Crippen LogP contribution in [0.25, 0.3) is 0 Å². The van der Waals surface area contributed by atoms with Gasteiger partial charge in [-0.05, 0) is 43.0 Å². The molecule has 0 bridgehead atoms. The molecule has 20 heavy (non-hydrogen) atoms. The molecule has 5 heteroatoms. The minimum atomic E-state index is -0.828. The maximum atomic E-state index is 13.5. The van der Waals surface area contributed by atoms with Crippen molar-refractivity contribution in [3.63, 3.8) is 0 Å². The van der Waals surface area contributed by atoms with Crippen molar-refractivity contribution in [3.8, 4) is 0 Å². The van der Waals surface area contributed by atoms with Crippen LogP contribution in [0.3, 0.4) is 0 Å². The molecule has 1 amide bonds. The highest BCUT2D eigenvalue weighted by Gasteiger charge is 2.33. The van der Waals surface area contributed by atoms with Gasteiger partial charge in [-0.1, -0.05) is 28.8 Å². The van der Waals surface area contributed by atoms with Crippen LogP contribution in [-0.2, 0) is 11.2 Å². The summed E-state index contributed by atoms with van der Waals surface area (Å²) in [5.41, 5.74) is -0.260. The van der Waals surface area contributed by atoms with Gasteiger partial charge < -0.3 is 10.4 Å². The van der Waals surface area contributed by atoms with E-state index in [0.29, 0.717) is 31.4 Å². The van der Waals surface area contributed by atoms with Gasteiger partial charge in [0, 0.05) is 11.0 Å². The van der Waals surface area contributed by atoms with Crippen LogP contribution < -0.4 is 5.32 Å². The van der Waals surface area contributed by atoms with Gasteiger partial charge in [0.25, 0.3) is 0 Å². The predicted molar refractivity (Wildman–Crippen MR) is 78.8 cm³/mol. The molecule has 2 rings (SSSR count). The zero-order valence-electron chi connectivity index (χ0n) is 11.3. The van der Waals surface area contributed by atoms with E-state index in [1.807, 2.05) is 0 Å². The van der Waals surface area contributed by atoms with Gasteiger partial charge in [-0.2, -0.15) is 0 Å². The zero-order valence-corrected chi connectivity index (χ0v) is 12.9. The molecule has 0 aromatic heterocycles. The van der Waals surface area contributed by atoms with E-state index in [-0.39, 0.29) is 18.1 Å². The maximum Gasteiger partial charge on any atom is 0.222 e. The molecule has 0 spiro atoms. The molecule has 1 aliphatic carbocycles. The molecule has 0 heterocycles. The number of carbonyl (C=O) groups is 1. The minimum absolute atomic E-state index is 0.147. The van der Waals surface area contributed by atoms with Crippen molar-refractivity contribution < 1.29 is 14.3 Å². The summed E-state index contributed by atoms with van der Waals surface area (Å²) in [6.07, 6.45) is 3.94. The third-order valence-corrected chi connectivity index (χ3v) is 4.24. The Morgan fingerprint density at radius 1 is 1.40 bits per heavy atom. The Kier molecular flexibility index (Phi) is 5.16. The number of hydrogen-bond acceptors (Lipinski definition) is 2. The fourth-order valence-corrected chi connectivity index (χ4v) is 3.05. The van der Waals surface area contributed by atoms with Crippen LogP contribution in [-0.4, -0.2) is 23.2 Å². The third-order valence-electron chi connectivity index (χ3n) is 3.75. The quantitative estimate of drug-likeness (QED) is 0.863. The van der Waals surface area contributed by atoms with E-state index < -0.39 is 5.60 Å². The number of halogens is 2. The SMILES string of the molecule is O=C(CC1(O)CCCC1)NCCc1cc(Br)ccc1F. The van der Waals surface area contributed by atoms with E-state index in [1.54, 1.807) is 12.1 Å². The zero-order chi connectivity index (χ0) is 14.6. The van der Waals surface area contributed by atoms with Gasteiger partial charge >= 0.3 is 0 Å². The molecule has 110 valence electrons. The molecule has 1 saturated carbocycles. The molecule has 0 aliphatic heterocycles. The molecule has 0 saturated heterocycles. The largest absolute Gasteiger partial charge is 0.389 e. The van der Waals surface area contributed by atoms with Gasteiger partial charge in [0.2, 0.25) is 5.91 Å². The van der Waals surface area contributed by atoms with E-state index in [9.17, 15) is 14.3 Å². The van der Waals surface area contributed by atoms with Gasteiger partial charge in [-0.15, -0.1) is 0 Å². The van der Waals surface area contributed by atoms with Crippen molar-refractivity contribution in [3.05, 3.63) is 34.1 Å². The molecule has 3 nitrogen and oxygen atoms in total. The number of amides is 1. The summed E-state index contributed by atoms with van der Waals surface area (Å²) in [7, 11) is 0. The summed E-state index contributed by atoms with van der Waals surface area (Å²) in [5.74, 6) is -0.429. The van der Waals surface area contributed by atoms with Gasteiger partial charge in [0.05, 0.1) is 12.0 Å². The van der Waals surface area contributed by atoms with E-state index in [0.717, 1.165) is 17.3 Å². The van der Waals surface area contributed by atoms with Crippen molar-refractivity contribution in [1.29, 1.82) is 0 Å². The molecular formula is C15H19BrFNO2. The van der Waals surface area contributed by atoms with Crippen molar-refractivity contribution in [2.45, 2.75) is 44.1 Å². The van der Waals surface area contributed by atoms with E-state index >= 15 is 0 Å².